The molecule has 20 heavy (non-hydrogen) atoms. The number of aliphatic hydroxyl groups excluding tert-OH is 1. The molecule has 0 bridgehead atoms. The van der Waals surface area contributed by atoms with Crippen molar-refractivity contribution in [3.63, 3.8) is 0 Å². The molecular formula is C16H13NO3. The molecule has 4 nitrogen and oxygen atoms in total. The third-order valence-electron chi connectivity index (χ3n) is 2.59. The molecule has 2 aromatic carbocycles. The van der Waals surface area contributed by atoms with Gasteiger partial charge in [0.2, 0.25) is 0 Å². The Bertz CT molecular complexity index is 683. The molecular weight excluding hydrogens is 254 g/mol. The van der Waals surface area contributed by atoms with Gasteiger partial charge in [0.05, 0.1) is 5.69 Å². The van der Waals surface area contributed by atoms with E-state index in [0.29, 0.717) is 16.8 Å². The van der Waals surface area contributed by atoms with Crippen LogP contribution in [0.2, 0.25) is 0 Å². The monoisotopic (exact) mass is 267 g/mol. The van der Waals surface area contributed by atoms with Gasteiger partial charge in [-0.05, 0) is 30.3 Å². The fraction of sp³-hybridized carbons (Fsp3) is 0.0625. The lowest BCUT2D eigenvalue weighted by Gasteiger charge is -2.07. The molecule has 0 heterocycles. The number of phenols is 1. The molecule has 100 valence electrons. The third kappa shape index (κ3) is 3.37. The number of hydrogen-bond acceptors (Lipinski definition) is 3. The summed E-state index contributed by atoms with van der Waals surface area (Å²) in [6.45, 7) is -0.241. The number of carbonyl (C=O) groups is 1. The summed E-state index contributed by atoms with van der Waals surface area (Å²) in [6, 6.07) is 13.1. The van der Waals surface area contributed by atoms with Crippen molar-refractivity contribution in [1.29, 1.82) is 0 Å². The number of rotatable bonds is 2. The molecule has 0 aliphatic carbocycles. The summed E-state index contributed by atoms with van der Waals surface area (Å²) in [5.74, 6) is 5.01. The van der Waals surface area contributed by atoms with Crippen LogP contribution in [0.1, 0.15) is 15.9 Å². The first-order valence-electron chi connectivity index (χ1n) is 6.00. The van der Waals surface area contributed by atoms with Gasteiger partial charge in [0, 0.05) is 11.1 Å². The van der Waals surface area contributed by atoms with Crippen LogP contribution in [0.5, 0.6) is 5.75 Å². The van der Waals surface area contributed by atoms with Gasteiger partial charge in [-0.25, -0.2) is 0 Å². The average Bonchev–Trinajstić information content (AvgIpc) is 2.46. The van der Waals surface area contributed by atoms with Gasteiger partial charge in [-0.1, -0.05) is 30.0 Å². The summed E-state index contributed by atoms with van der Waals surface area (Å²) in [5, 5.41) is 20.8. The molecule has 0 spiro atoms. The van der Waals surface area contributed by atoms with Crippen molar-refractivity contribution in [2.45, 2.75) is 0 Å². The van der Waals surface area contributed by atoms with E-state index in [0.717, 1.165) is 0 Å². The lowest BCUT2D eigenvalue weighted by Crippen LogP contribution is -2.12. The highest BCUT2D eigenvalue weighted by molar-refractivity contribution is 6.05. The quantitative estimate of drug-likeness (QED) is 0.729. The van der Waals surface area contributed by atoms with Gasteiger partial charge < -0.3 is 15.5 Å². The van der Waals surface area contributed by atoms with Crippen LogP contribution in [0.3, 0.4) is 0 Å². The highest BCUT2D eigenvalue weighted by atomic mass is 16.3. The number of aromatic hydroxyl groups is 1. The molecule has 2 rings (SSSR count). The van der Waals surface area contributed by atoms with Gasteiger partial charge in [0.25, 0.3) is 5.91 Å². The number of hydrogen-bond donors (Lipinski definition) is 3. The average molecular weight is 267 g/mol. The number of benzene rings is 2. The van der Waals surface area contributed by atoms with E-state index in [1.54, 1.807) is 36.4 Å². The first-order chi connectivity index (χ1) is 9.70. The fourth-order valence-electron chi connectivity index (χ4n) is 1.68. The van der Waals surface area contributed by atoms with Gasteiger partial charge in [-0.15, -0.1) is 0 Å². The highest BCUT2D eigenvalue weighted by Gasteiger charge is 2.08. The molecule has 0 aliphatic rings. The van der Waals surface area contributed by atoms with Crippen LogP contribution in [-0.4, -0.2) is 22.7 Å². The molecule has 0 radical (unpaired) electrons. The predicted octanol–water partition coefficient (Wildman–Crippen LogP) is 1.99. The molecule has 0 saturated carbocycles. The normalized spacial score (nSPS) is 9.45. The molecule has 0 unspecified atom stereocenters. The van der Waals surface area contributed by atoms with Crippen molar-refractivity contribution >= 4 is 11.6 Å². The zero-order chi connectivity index (χ0) is 14.4. The van der Waals surface area contributed by atoms with E-state index >= 15 is 0 Å². The van der Waals surface area contributed by atoms with E-state index in [1.807, 2.05) is 0 Å². The van der Waals surface area contributed by atoms with Crippen molar-refractivity contribution in [3.05, 3.63) is 59.7 Å². The summed E-state index contributed by atoms with van der Waals surface area (Å²) in [5.41, 5.74) is 1.53. The summed E-state index contributed by atoms with van der Waals surface area (Å²) in [6.07, 6.45) is 0. The lowest BCUT2D eigenvalue weighted by atomic mass is 10.1. The summed E-state index contributed by atoms with van der Waals surface area (Å²) in [4.78, 5) is 12.1. The third-order valence-corrected chi connectivity index (χ3v) is 2.59. The molecule has 2 aromatic rings. The Kier molecular flexibility index (Phi) is 4.38. The number of carbonyl (C=O) groups excluding carboxylic acids is 1. The van der Waals surface area contributed by atoms with Gasteiger partial charge in [-0.3, -0.25) is 4.79 Å². The number of para-hydroxylation sites is 1. The van der Waals surface area contributed by atoms with Crippen molar-refractivity contribution in [2.24, 2.45) is 0 Å². The minimum Gasteiger partial charge on any atom is -0.508 e. The van der Waals surface area contributed by atoms with E-state index in [9.17, 15) is 9.90 Å². The minimum atomic E-state index is -0.334. The largest absolute Gasteiger partial charge is 0.508 e. The Balaban J connectivity index is 2.24. The highest BCUT2D eigenvalue weighted by Crippen LogP contribution is 2.17. The van der Waals surface area contributed by atoms with Crippen LogP contribution in [0.25, 0.3) is 0 Å². The Morgan fingerprint density at radius 3 is 2.70 bits per heavy atom. The van der Waals surface area contributed by atoms with Crippen molar-refractivity contribution in [2.75, 3.05) is 11.9 Å². The van der Waals surface area contributed by atoms with Gasteiger partial charge in [0.15, 0.2) is 0 Å². The SMILES string of the molecule is O=C(Nc1ccccc1C#CCO)c1cccc(O)c1. The van der Waals surface area contributed by atoms with Gasteiger partial charge >= 0.3 is 0 Å². The topological polar surface area (TPSA) is 69.6 Å². The van der Waals surface area contributed by atoms with Crippen molar-refractivity contribution < 1.29 is 15.0 Å². The molecule has 0 atom stereocenters. The molecule has 0 aliphatic heterocycles. The summed E-state index contributed by atoms with van der Waals surface area (Å²) >= 11 is 0. The van der Waals surface area contributed by atoms with Crippen LogP contribution in [0.15, 0.2) is 48.5 Å². The molecule has 0 fully saturated rings. The second-order valence-electron chi connectivity index (χ2n) is 4.01. The minimum absolute atomic E-state index is 0.0333. The summed E-state index contributed by atoms with van der Waals surface area (Å²) in [7, 11) is 0. The molecule has 3 N–H and O–H groups in total. The molecule has 0 saturated heterocycles. The maximum absolute atomic E-state index is 12.1. The zero-order valence-electron chi connectivity index (χ0n) is 10.6. The maximum atomic E-state index is 12.1. The van der Waals surface area contributed by atoms with E-state index in [1.165, 1.54) is 12.1 Å². The Hall–Kier alpha value is -2.77. The maximum Gasteiger partial charge on any atom is 0.255 e. The van der Waals surface area contributed by atoms with Crippen LogP contribution in [0, 0.1) is 11.8 Å². The number of aliphatic hydroxyl groups is 1. The predicted molar refractivity (Wildman–Crippen MR) is 76.5 cm³/mol. The Labute approximate surface area is 116 Å². The van der Waals surface area contributed by atoms with Crippen LogP contribution in [-0.2, 0) is 0 Å². The number of nitrogens with one attached hydrogen (secondary N) is 1. The van der Waals surface area contributed by atoms with E-state index < -0.39 is 0 Å². The number of phenolic OH excluding ortho intramolecular Hbond substituents is 1. The van der Waals surface area contributed by atoms with Gasteiger partial charge in [0.1, 0.15) is 12.4 Å². The number of anilines is 1. The smallest absolute Gasteiger partial charge is 0.255 e. The molecule has 0 aromatic heterocycles. The van der Waals surface area contributed by atoms with E-state index in [2.05, 4.69) is 17.2 Å². The van der Waals surface area contributed by atoms with E-state index in [-0.39, 0.29) is 18.3 Å². The van der Waals surface area contributed by atoms with Crippen LogP contribution in [0.4, 0.5) is 5.69 Å². The molecule has 4 heteroatoms. The van der Waals surface area contributed by atoms with Crippen molar-refractivity contribution in [1.82, 2.24) is 0 Å². The van der Waals surface area contributed by atoms with Crippen LogP contribution < -0.4 is 5.32 Å². The first kappa shape index (κ1) is 13.7. The van der Waals surface area contributed by atoms with Crippen LogP contribution >= 0.6 is 0 Å². The molecule has 1 amide bonds. The second-order valence-corrected chi connectivity index (χ2v) is 4.01. The standard InChI is InChI=1S/C16H13NO3/c18-10-4-7-12-5-1-2-9-15(12)17-16(20)13-6-3-8-14(19)11-13/h1-3,5-6,8-9,11,18-19H,10H2,(H,17,20). The zero-order valence-corrected chi connectivity index (χ0v) is 10.6. The second kappa shape index (κ2) is 6.41. The Morgan fingerprint density at radius 2 is 1.95 bits per heavy atom. The first-order valence-corrected chi connectivity index (χ1v) is 6.00. The van der Waals surface area contributed by atoms with E-state index in [4.69, 9.17) is 5.11 Å². The Morgan fingerprint density at radius 1 is 1.15 bits per heavy atom. The lowest BCUT2D eigenvalue weighted by molar-refractivity contribution is 0.102. The van der Waals surface area contributed by atoms with Gasteiger partial charge in [-0.2, -0.15) is 0 Å². The number of amides is 1. The van der Waals surface area contributed by atoms with Crippen molar-refractivity contribution in [3.8, 4) is 17.6 Å². The fourth-order valence-corrected chi connectivity index (χ4v) is 1.68. The summed E-state index contributed by atoms with van der Waals surface area (Å²) < 4.78 is 0.